The Labute approximate surface area is 170 Å². The van der Waals surface area contributed by atoms with Crippen molar-refractivity contribution in [2.75, 3.05) is 4.72 Å². The molecule has 0 atom stereocenters. The molecule has 0 unspecified atom stereocenters. The third kappa shape index (κ3) is 3.32. The number of nitrogens with zero attached hydrogens (tertiary/aromatic N) is 2. The lowest BCUT2D eigenvalue weighted by Gasteiger charge is -2.11. The fraction of sp³-hybridized carbons (Fsp3) is 0.0625. The summed E-state index contributed by atoms with van der Waals surface area (Å²) in [5.41, 5.74) is 1.19. The number of aromatic nitrogens is 3. The molecule has 0 saturated heterocycles. The highest BCUT2D eigenvalue weighted by atomic mass is 79.9. The minimum absolute atomic E-state index is 0.0435. The van der Waals surface area contributed by atoms with Gasteiger partial charge in [-0.15, -0.1) is 0 Å². The Balaban J connectivity index is 1.70. The molecular formula is C16H10BrClN4O5S. The van der Waals surface area contributed by atoms with Crippen molar-refractivity contribution in [3.8, 4) is 11.4 Å². The van der Waals surface area contributed by atoms with Gasteiger partial charge in [0.1, 0.15) is 9.92 Å². The van der Waals surface area contributed by atoms with Crippen LogP contribution in [-0.2, 0) is 10.0 Å². The first-order valence-electron chi connectivity index (χ1n) is 7.69. The number of fused-ring (bicyclic) bond motifs is 1. The van der Waals surface area contributed by atoms with Gasteiger partial charge in [0.25, 0.3) is 10.0 Å². The topological polar surface area (TPSA) is 131 Å². The SMILES string of the molecule is Cc1nc(-c2ccc(NS(=O)(=O)c3c(Br)cc4[nH]c(=O)oc4c3Cl)cc2)no1. The summed E-state index contributed by atoms with van der Waals surface area (Å²) in [5.74, 6) is 0.0790. The fourth-order valence-corrected chi connectivity index (χ4v) is 5.48. The summed E-state index contributed by atoms with van der Waals surface area (Å²) in [6, 6.07) is 7.80. The molecule has 12 heteroatoms. The Morgan fingerprint density at radius 1 is 1.25 bits per heavy atom. The molecule has 2 aromatic carbocycles. The number of benzene rings is 2. The van der Waals surface area contributed by atoms with Crippen LogP contribution >= 0.6 is 27.5 Å². The zero-order valence-corrected chi connectivity index (χ0v) is 17.1. The van der Waals surface area contributed by atoms with Crippen LogP contribution in [0.3, 0.4) is 0 Å². The fourth-order valence-electron chi connectivity index (χ4n) is 2.56. The highest BCUT2D eigenvalue weighted by molar-refractivity contribution is 9.10. The maximum atomic E-state index is 12.9. The first kappa shape index (κ1) is 18.7. The number of nitrogens with one attached hydrogen (secondary N) is 2. The number of H-pyrrole nitrogens is 1. The van der Waals surface area contributed by atoms with Crippen molar-refractivity contribution in [1.29, 1.82) is 0 Å². The van der Waals surface area contributed by atoms with Gasteiger partial charge in [0.2, 0.25) is 11.7 Å². The molecule has 0 spiro atoms. The van der Waals surface area contributed by atoms with Crippen molar-refractivity contribution >= 4 is 54.3 Å². The van der Waals surface area contributed by atoms with Gasteiger partial charge in [-0.25, -0.2) is 13.2 Å². The van der Waals surface area contributed by atoms with Crippen LogP contribution in [0.2, 0.25) is 5.02 Å². The summed E-state index contributed by atoms with van der Waals surface area (Å²) in [4.78, 5) is 17.7. The van der Waals surface area contributed by atoms with Crippen molar-refractivity contribution in [2.45, 2.75) is 11.8 Å². The molecule has 2 aromatic heterocycles. The van der Waals surface area contributed by atoms with Gasteiger partial charge in [-0.1, -0.05) is 16.8 Å². The van der Waals surface area contributed by atoms with Crippen molar-refractivity contribution in [3.05, 3.63) is 56.3 Å². The van der Waals surface area contributed by atoms with Gasteiger partial charge in [0.05, 0.1) is 5.52 Å². The third-order valence-electron chi connectivity index (χ3n) is 3.75. The molecular weight excluding hydrogens is 476 g/mol. The monoisotopic (exact) mass is 484 g/mol. The van der Waals surface area contributed by atoms with Gasteiger partial charge in [-0.2, -0.15) is 4.98 Å². The normalized spacial score (nSPS) is 11.8. The highest BCUT2D eigenvalue weighted by Crippen LogP contribution is 2.36. The van der Waals surface area contributed by atoms with Crippen LogP contribution in [0.1, 0.15) is 5.89 Å². The molecule has 2 N–H and O–H groups in total. The predicted octanol–water partition coefficient (Wildman–Crippen LogP) is 3.70. The van der Waals surface area contributed by atoms with Crippen LogP contribution in [0.25, 0.3) is 22.5 Å². The number of hydrogen-bond donors (Lipinski definition) is 2. The van der Waals surface area contributed by atoms with Crippen molar-refractivity contribution in [1.82, 2.24) is 15.1 Å². The average Bonchev–Trinajstić information content (AvgIpc) is 3.20. The minimum atomic E-state index is -4.08. The first-order valence-corrected chi connectivity index (χ1v) is 10.3. The van der Waals surface area contributed by atoms with E-state index in [1.54, 1.807) is 31.2 Å². The maximum absolute atomic E-state index is 12.9. The molecule has 0 fully saturated rings. The van der Waals surface area contributed by atoms with E-state index in [1.807, 2.05) is 0 Å². The van der Waals surface area contributed by atoms with Gasteiger partial charge >= 0.3 is 5.76 Å². The molecule has 0 saturated carbocycles. The smallest absolute Gasteiger partial charge is 0.406 e. The second-order valence-corrected chi connectivity index (χ2v) is 8.56. The first-order chi connectivity index (χ1) is 13.2. The Morgan fingerprint density at radius 3 is 2.61 bits per heavy atom. The van der Waals surface area contributed by atoms with E-state index in [0.29, 0.717) is 23.0 Å². The summed E-state index contributed by atoms with van der Waals surface area (Å²) >= 11 is 9.37. The molecule has 0 radical (unpaired) electrons. The molecule has 0 aliphatic carbocycles. The van der Waals surface area contributed by atoms with Crippen LogP contribution in [0.4, 0.5) is 5.69 Å². The molecule has 2 heterocycles. The lowest BCUT2D eigenvalue weighted by molar-refractivity contribution is 0.394. The van der Waals surface area contributed by atoms with E-state index < -0.39 is 15.8 Å². The van der Waals surface area contributed by atoms with Gasteiger partial charge in [0.15, 0.2) is 5.58 Å². The summed E-state index contributed by atoms with van der Waals surface area (Å²) in [6.45, 7) is 1.67. The van der Waals surface area contributed by atoms with E-state index in [9.17, 15) is 13.2 Å². The van der Waals surface area contributed by atoms with Crippen molar-refractivity contribution in [3.63, 3.8) is 0 Å². The number of halogens is 2. The van der Waals surface area contributed by atoms with Gasteiger partial charge < -0.3 is 8.94 Å². The second kappa shape index (κ2) is 6.76. The standard InChI is InChI=1S/C16H10BrClN4O5S/c1-7-19-15(21-27-7)8-2-4-9(5-3-8)22-28(24,25)14-10(17)6-11-13(12(14)18)26-16(23)20-11/h2-6,22H,1H3,(H,20,23). The van der Waals surface area contributed by atoms with E-state index in [1.165, 1.54) is 6.07 Å². The van der Waals surface area contributed by atoms with E-state index in [4.69, 9.17) is 20.5 Å². The van der Waals surface area contributed by atoms with E-state index >= 15 is 0 Å². The van der Waals surface area contributed by atoms with Crippen LogP contribution in [0.5, 0.6) is 0 Å². The third-order valence-corrected chi connectivity index (χ3v) is 6.58. The lowest BCUT2D eigenvalue weighted by Crippen LogP contribution is -2.14. The molecule has 28 heavy (non-hydrogen) atoms. The summed E-state index contributed by atoms with van der Waals surface area (Å²) in [7, 11) is -4.08. The highest BCUT2D eigenvalue weighted by Gasteiger charge is 2.26. The Bertz CT molecular complexity index is 1360. The van der Waals surface area contributed by atoms with Crippen LogP contribution in [-0.4, -0.2) is 23.5 Å². The number of aromatic amines is 1. The molecule has 4 rings (SSSR count). The molecule has 0 aliphatic heterocycles. The molecule has 0 amide bonds. The second-order valence-electron chi connectivity index (χ2n) is 5.71. The van der Waals surface area contributed by atoms with E-state index in [0.717, 1.165) is 0 Å². The summed E-state index contributed by atoms with van der Waals surface area (Å²) in [6.07, 6.45) is 0. The van der Waals surface area contributed by atoms with Gasteiger partial charge in [-0.05, 0) is 46.3 Å². The van der Waals surface area contributed by atoms with Crippen LogP contribution < -0.4 is 10.5 Å². The Hall–Kier alpha value is -2.63. The average molecular weight is 486 g/mol. The number of aryl methyl sites for hydroxylation is 1. The lowest BCUT2D eigenvalue weighted by atomic mass is 10.2. The van der Waals surface area contributed by atoms with Crippen LogP contribution in [0.15, 0.2) is 53.4 Å². The van der Waals surface area contributed by atoms with Crippen molar-refractivity contribution < 1.29 is 17.4 Å². The summed E-state index contributed by atoms with van der Waals surface area (Å²) in [5, 5.41) is 3.59. The van der Waals surface area contributed by atoms with Gasteiger partial charge in [0, 0.05) is 22.6 Å². The summed E-state index contributed by atoms with van der Waals surface area (Å²) < 4.78 is 38.2. The minimum Gasteiger partial charge on any atom is -0.406 e. The zero-order valence-electron chi connectivity index (χ0n) is 14.0. The van der Waals surface area contributed by atoms with Crippen molar-refractivity contribution in [2.24, 2.45) is 0 Å². The molecule has 0 bridgehead atoms. The number of oxazole rings is 1. The zero-order chi connectivity index (χ0) is 20.1. The number of anilines is 1. The number of rotatable bonds is 4. The van der Waals surface area contributed by atoms with E-state index in [-0.39, 0.29) is 25.5 Å². The Morgan fingerprint density at radius 2 is 1.96 bits per heavy atom. The molecule has 4 aromatic rings. The molecule has 144 valence electrons. The van der Waals surface area contributed by atoms with Gasteiger partial charge in [-0.3, -0.25) is 9.71 Å². The Kier molecular flexibility index (Phi) is 4.52. The predicted molar refractivity (Wildman–Crippen MR) is 105 cm³/mol. The largest absolute Gasteiger partial charge is 0.417 e. The maximum Gasteiger partial charge on any atom is 0.417 e. The quantitative estimate of drug-likeness (QED) is 0.450. The molecule has 0 aliphatic rings. The number of hydrogen-bond acceptors (Lipinski definition) is 7. The number of sulfonamides is 1. The van der Waals surface area contributed by atoms with E-state index in [2.05, 4.69) is 35.8 Å². The van der Waals surface area contributed by atoms with Crippen LogP contribution in [0, 0.1) is 6.92 Å². The molecule has 9 nitrogen and oxygen atoms in total.